The van der Waals surface area contributed by atoms with Crippen LogP contribution in [-0.2, 0) is 11.2 Å². The minimum atomic E-state index is -1.91. The highest BCUT2D eigenvalue weighted by Gasteiger charge is 2.45. The fourth-order valence-corrected chi connectivity index (χ4v) is 2.61. The second-order valence-electron chi connectivity index (χ2n) is 5.75. The number of nitrogens with zero attached hydrogens (tertiary/aromatic N) is 3. The highest BCUT2D eigenvalue weighted by Crippen LogP contribution is 2.30. The van der Waals surface area contributed by atoms with Gasteiger partial charge in [-0.2, -0.15) is 4.98 Å². The lowest BCUT2D eigenvalue weighted by Crippen LogP contribution is -2.33. The average molecular weight is 367 g/mol. The van der Waals surface area contributed by atoms with E-state index in [0.29, 0.717) is 0 Å². The van der Waals surface area contributed by atoms with Crippen LogP contribution in [0.3, 0.4) is 0 Å². The minimum Gasteiger partial charge on any atom is -0.394 e. The molecule has 0 saturated carbocycles. The summed E-state index contributed by atoms with van der Waals surface area (Å²) in [5.74, 6) is -1.05. The van der Waals surface area contributed by atoms with Crippen molar-refractivity contribution in [2.45, 2.75) is 31.0 Å². The Balaban J connectivity index is 1.77. The van der Waals surface area contributed by atoms with Gasteiger partial charge in [-0.25, -0.2) is 13.6 Å². The number of alkyl halides is 1. The molecule has 138 valence electrons. The smallest absolute Gasteiger partial charge is 0.350 e. The fraction of sp³-hybridized carbons (Fsp3) is 0.375. The Morgan fingerprint density at radius 2 is 2.12 bits per heavy atom. The lowest BCUT2D eigenvalue weighted by Gasteiger charge is -2.15. The number of ketones is 1. The molecule has 1 saturated heterocycles. The quantitative estimate of drug-likeness (QED) is 0.703. The number of pyridine rings is 1. The number of aliphatic hydroxyl groups is 2. The third kappa shape index (κ3) is 3.52. The van der Waals surface area contributed by atoms with E-state index in [0.717, 1.165) is 16.8 Å². The van der Waals surface area contributed by atoms with Gasteiger partial charge in [0.05, 0.1) is 24.9 Å². The zero-order valence-corrected chi connectivity index (χ0v) is 13.3. The summed E-state index contributed by atoms with van der Waals surface area (Å²) in [6.07, 6.45) is -4.20. The second kappa shape index (κ2) is 7.36. The van der Waals surface area contributed by atoms with Gasteiger partial charge in [0.2, 0.25) is 0 Å². The van der Waals surface area contributed by atoms with E-state index < -0.39 is 48.5 Å². The average Bonchev–Trinajstić information content (AvgIpc) is 2.90. The molecule has 0 bridgehead atoms. The third-order valence-electron chi connectivity index (χ3n) is 3.99. The van der Waals surface area contributed by atoms with Gasteiger partial charge in [-0.05, 0) is 18.2 Å². The van der Waals surface area contributed by atoms with Gasteiger partial charge < -0.3 is 14.9 Å². The molecule has 0 radical (unpaired) electrons. The SMILES string of the molecule is O=C(Cc1ccn([C@@H]2O[C@H](CO)[C@@H](O)[C@H]2F)c(=O)n1)c1ccc(F)cn1. The topological polar surface area (TPSA) is 115 Å². The summed E-state index contributed by atoms with van der Waals surface area (Å²) >= 11 is 0. The molecule has 0 aromatic carbocycles. The summed E-state index contributed by atoms with van der Waals surface area (Å²) < 4.78 is 32.9. The van der Waals surface area contributed by atoms with Crippen molar-refractivity contribution in [3.8, 4) is 0 Å². The number of aromatic nitrogens is 3. The Bertz CT molecular complexity index is 858. The van der Waals surface area contributed by atoms with Crippen LogP contribution in [0.25, 0.3) is 0 Å². The largest absolute Gasteiger partial charge is 0.394 e. The first-order chi connectivity index (χ1) is 12.4. The number of aliphatic hydroxyl groups excluding tert-OH is 2. The summed E-state index contributed by atoms with van der Waals surface area (Å²) in [6, 6.07) is 3.64. The minimum absolute atomic E-state index is 0.0224. The van der Waals surface area contributed by atoms with Crippen LogP contribution in [0.4, 0.5) is 8.78 Å². The molecule has 8 nitrogen and oxygen atoms in total. The summed E-state index contributed by atoms with van der Waals surface area (Å²) in [5, 5.41) is 18.7. The molecule has 1 aliphatic rings. The fourth-order valence-electron chi connectivity index (χ4n) is 2.61. The normalized spacial score (nSPS) is 25.4. The van der Waals surface area contributed by atoms with Crippen LogP contribution in [-0.4, -0.2) is 55.5 Å². The summed E-state index contributed by atoms with van der Waals surface area (Å²) in [4.78, 5) is 31.6. The van der Waals surface area contributed by atoms with Crippen molar-refractivity contribution >= 4 is 5.78 Å². The number of Topliss-reactive ketones (excluding diaryl/α,β-unsaturated/α-hetero) is 1. The molecule has 2 aromatic heterocycles. The molecule has 10 heteroatoms. The monoisotopic (exact) mass is 367 g/mol. The summed E-state index contributed by atoms with van der Waals surface area (Å²) in [5.41, 5.74) is -0.731. The molecule has 4 atom stereocenters. The van der Waals surface area contributed by atoms with Crippen molar-refractivity contribution in [2.75, 3.05) is 6.61 Å². The first kappa shape index (κ1) is 18.2. The van der Waals surface area contributed by atoms with Crippen LogP contribution >= 0.6 is 0 Å². The van der Waals surface area contributed by atoms with Crippen LogP contribution in [0.5, 0.6) is 0 Å². The van der Waals surface area contributed by atoms with E-state index in [1.807, 2.05) is 0 Å². The van der Waals surface area contributed by atoms with Gasteiger partial charge in [0.25, 0.3) is 0 Å². The lowest BCUT2D eigenvalue weighted by atomic mass is 10.1. The predicted octanol–water partition coefficient (Wildman–Crippen LogP) is -0.209. The molecule has 3 heterocycles. The first-order valence-electron chi connectivity index (χ1n) is 7.72. The number of hydrogen-bond acceptors (Lipinski definition) is 7. The van der Waals surface area contributed by atoms with Crippen LogP contribution in [0.15, 0.2) is 35.4 Å². The molecule has 0 amide bonds. The molecule has 0 spiro atoms. The molecular weight excluding hydrogens is 352 g/mol. The number of carbonyl (C=O) groups excluding carboxylic acids is 1. The maximum atomic E-state index is 14.1. The number of hydrogen-bond donors (Lipinski definition) is 2. The Morgan fingerprint density at radius 1 is 1.35 bits per heavy atom. The Morgan fingerprint density at radius 3 is 2.69 bits per heavy atom. The maximum Gasteiger partial charge on any atom is 0.350 e. The number of rotatable bonds is 5. The Kier molecular flexibility index (Phi) is 5.16. The molecule has 0 unspecified atom stereocenters. The van der Waals surface area contributed by atoms with Crippen molar-refractivity contribution in [3.05, 3.63) is 58.3 Å². The van der Waals surface area contributed by atoms with E-state index in [1.165, 1.54) is 18.3 Å². The van der Waals surface area contributed by atoms with Gasteiger partial charge in [-0.15, -0.1) is 0 Å². The maximum absolute atomic E-state index is 14.1. The highest BCUT2D eigenvalue weighted by molar-refractivity contribution is 5.95. The van der Waals surface area contributed by atoms with Crippen LogP contribution in [0.1, 0.15) is 22.4 Å². The van der Waals surface area contributed by atoms with Crippen LogP contribution in [0, 0.1) is 5.82 Å². The molecular formula is C16H15F2N3O5. The van der Waals surface area contributed by atoms with Crippen molar-refractivity contribution in [1.29, 1.82) is 0 Å². The Labute approximate surface area is 145 Å². The van der Waals surface area contributed by atoms with E-state index in [1.54, 1.807) is 0 Å². The predicted molar refractivity (Wildman–Crippen MR) is 82.6 cm³/mol. The molecule has 2 N–H and O–H groups in total. The van der Waals surface area contributed by atoms with Gasteiger partial charge in [0.1, 0.15) is 23.7 Å². The van der Waals surface area contributed by atoms with Gasteiger partial charge in [0.15, 0.2) is 18.2 Å². The van der Waals surface area contributed by atoms with E-state index in [-0.39, 0.29) is 17.8 Å². The van der Waals surface area contributed by atoms with Crippen molar-refractivity contribution in [1.82, 2.24) is 14.5 Å². The van der Waals surface area contributed by atoms with Gasteiger partial charge in [-0.3, -0.25) is 14.3 Å². The number of ether oxygens (including phenoxy) is 1. The molecule has 1 aliphatic heterocycles. The van der Waals surface area contributed by atoms with Gasteiger partial charge in [-0.1, -0.05) is 0 Å². The Hall–Kier alpha value is -2.56. The first-order valence-corrected chi connectivity index (χ1v) is 7.72. The van der Waals surface area contributed by atoms with Crippen molar-refractivity contribution in [2.24, 2.45) is 0 Å². The van der Waals surface area contributed by atoms with Crippen LogP contribution in [0.2, 0.25) is 0 Å². The molecule has 2 aromatic rings. The zero-order chi connectivity index (χ0) is 18.8. The zero-order valence-electron chi connectivity index (χ0n) is 13.3. The summed E-state index contributed by atoms with van der Waals surface area (Å²) in [7, 11) is 0. The molecule has 3 rings (SSSR count). The second-order valence-corrected chi connectivity index (χ2v) is 5.75. The highest BCUT2D eigenvalue weighted by atomic mass is 19.1. The van der Waals surface area contributed by atoms with E-state index in [4.69, 9.17) is 9.84 Å². The molecule has 0 aliphatic carbocycles. The van der Waals surface area contributed by atoms with E-state index >= 15 is 0 Å². The van der Waals surface area contributed by atoms with Crippen molar-refractivity contribution < 1.29 is 28.5 Å². The number of halogens is 2. The third-order valence-corrected chi connectivity index (χ3v) is 3.99. The van der Waals surface area contributed by atoms with E-state index in [9.17, 15) is 23.5 Å². The molecule has 26 heavy (non-hydrogen) atoms. The number of carbonyl (C=O) groups is 1. The molecule has 1 fully saturated rings. The lowest BCUT2D eigenvalue weighted by molar-refractivity contribution is -0.0491. The summed E-state index contributed by atoms with van der Waals surface area (Å²) in [6.45, 7) is -0.600. The van der Waals surface area contributed by atoms with Gasteiger partial charge >= 0.3 is 5.69 Å². The van der Waals surface area contributed by atoms with E-state index in [2.05, 4.69) is 9.97 Å². The van der Waals surface area contributed by atoms with Crippen molar-refractivity contribution in [3.63, 3.8) is 0 Å². The van der Waals surface area contributed by atoms with Crippen LogP contribution < -0.4 is 5.69 Å². The van der Waals surface area contributed by atoms with Gasteiger partial charge in [0, 0.05) is 6.20 Å². The standard InChI is InChI=1S/C16H15F2N3O5/c17-8-1-2-10(19-6-8)11(23)5-9-3-4-21(16(25)20-9)15-13(18)14(24)12(7-22)26-15/h1-4,6,12-15,22,24H,5,7H2/t12-,13-,14-,15-/m1/s1.